The quantitative estimate of drug-likeness (QED) is 0.592. The fourth-order valence-electron chi connectivity index (χ4n) is 2.25. The van der Waals surface area contributed by atoms with E-state index < -0.39 is 14.4 Å². The molecule has 1 aromatic carbocycles. The first-order chi connectivity index (χ1) is 11.1. The van der Waals surface area contributed by atoms with E-state index in [9.17, 15) is 4.79 Å². The average Bonchev–Trinajstić information content (AvgIpc) is 2.50. The van der Waals surface area contributed by atoms with Crippen molar-refractivity contribution in [3.8, 4) is 0 Å². The van der Waals surface area contributed by atoms with Crippen LogP contribution in [0.5, 0.6) is 0 Å². The zero-order valence-electron chi connectivity index (χ0n) is 15.4. The predicted molar refractivity (Wildman–Crippen MR) is 97.4 cm³/mol. The van der Waals surface area contributed by atoms with E-state index in [1.54, 1.807) is 18.4 Å². The second-order valence-corrected chi connectivity index (χ2v) is 12.5. The van der Waals surface area contributed by atoms with Crippen LogP contribution in [-0.4, -0.2) is 32.6 Å². The molecule has 0 aromatic heterocycles. The van der Waals surface area contributed by atoms with E-state index in [2.05, 4.69) is 33.9 Å². The van der Waals surface area contributed by atoms with Crippen LogP contribution in [0.3, 0.4) is 0 Å². The topological polar surface area (TPSA) is 44.8 Å². The Morgan fingerprint density at radius 1 is 1.17 bits per heavy atom. The highest BCUT2D eigenvalue weighted by atomic mass is 28.4. The summed E-state index contributed by atoms with van der Waals surface area (Å²) in [5.74, 6) is -0.352. The van der Waals surface area contributed by atoms with Crippen LogP contribution in [0, 0.1) is 0 Å². The predicted octanol–water partition coefficient (Wildman–Crippen LogP) is 4.53. The smallest absolute Gasteiger partial charge is 0.338 e. The third-order valence-electron chi connectivity index (χ3n) is 4.84. The van der Waals surface area contributed by atoms with Crippen molar-refractivity contribution in [1.82, 2.24) is 0 Å². The molecule has 5 heteroatoms. The van der Waals surface area contributed by atoms with Crippen LogP contribution in [0.4, 0.5) is 0 Å². The maximum absolute atomic E-state index is 12.4. The minimum absolute atomic E-state index is 0.0797. The Kier molecular flexibility index (Phi) is 5.55. The molecule has 4 nitrogen and oxygen atoms in total. The fourth-order valence-corrected chi connectivity index (χ4v) is 3.50. The molecule has 132 valence electrons. The summed E-state index contributed by atoms with van der Waals surface area (Å²) in [4.78, 5) is 12.4. The first kappa shape index (κ1) is 18.7. The molecule has 0 fully saturated rings. The second-order valence-electron chi connectivity index (χ2n) is 7.75. The Hall–Kier alpha value is -1.59. The molecule has 1 aliphatic heterocycles. The number of ether oxygens (including phenoxy) is 2. The third-order valence-corrected chi connectivity index (χ3v) is 9.31. The SMILES string of the molecule is CC1OC=CC(O[Si](C)(C)C(C)(C)C)C1OC(=O)c1ccccc1. The number of rotatable bonds is 4. The van der Waals surface area contributed by atoms with Crippen molar-refractivity contribution in [2.75, 3.05) is 0 Å². The molecule has 24 heavy (non-hydrogen) atoms. The van der Waals surface area contributed by atoms with E-state index in [0.717, 1.165) is 0 Å². The molecule has 2 rings (SSSR count). The van der Waals surface area contributed by atoms with Gasteiger partial charge in [-0.05, 0) is 43.3 Å². The highest BCUT2D eigenvalue weighted by Crippen LogP contribution is 2.38. The molecular formula is C19H28O4Si. The minimum Gasteiger partial charge on any atom is -0.495 e. The summed E-state index contributed by atoms with van der Waals surface area (Å²) in [6.45, 7) is 12.9. The van der Waals surface area contributed by atoms with E-state index in [4.69, 9.17) is 13.9 Å². The maximum atomic E-state index is 12.4. The van der Waals surface area contributed by atoms with E-state index in [0.29, 0.717) is 5.56 Å². The molecule has 0 aliphatic carbocycles. The van der Waals surface area contributed by atoms with Gasteiger partial charge in [-0.25, -0.2) is 4.79 Å². The van der Waals surface area contributed by atoms with E-state index in [1.807, 2.05) is 31.2 Å². The summed E-state index contributed by atoms with van der Waals surface area (Å²) in [7, 11) is -1.99. The molecule has 3 unspecified atom stereocenters. The van der Waals surface area contributed by atoms with Crippen molar-refractivity contribution in [2.45, 2.75) is 64.1 Å². The third kappa shape index (κ3) is 4.27. The van der Waals surface area contributed by atoms with Gasteiger partial charge in [-0.2, -0.15) is 0 Å². The normalized spacial score (nSPS) is 24.3. The highest BCUT2D eigenvalue weighted by Gasteiger charge is 2.43. The van der Waals surface area contributed by atoms with Crippen molar-refractivity contribution in [2.24, 2.45) is 0 Å². The molecule has 1 aliphatic rings. The Morgan fingerprint density at radius 2 is 1.79 bits per heavy atom. The molecule has 0 saturated heterocycles. The van der Waals surface area contributed by atoms with Gasteiger partial charge >= 0.3 is 5.97 Å². The average molecular weight is 349 g/mol. The first-order valence-corrected chi connectivity index (χ1v) is 11.3. The molecule has 3 atom stereocenters. The van der Waals surface area contributed by atoms with Gasteiger partial charge < -0.3 is 13.9 Å². The van der Waals surface area contributed by atoms with Gasteiger partial charge in [-0.3, -0.25) is 0 Å². The standard InChI is InChI=1S/C19H28O4Si/c1-14-17(22-18(20)15-10-8-7-9-11-15)16(12-13-21-14)23-24(5,6)19(2,3)4/h7-14,16-17H,1-6H3. The van der Waals surface area contributed by atoms with Crippen LogP contribution in [0.15, 0.2) is 42.7 Å². The van der Waals surface area contributed by atoms with Crippen molar-refractivity contribution in [3.05, 3.63) is 48.2 Å². The summed E-state index contributed by atoms with van der Waals surface area (Å²) < 4.78 is 17.7. The van der Waals surface area contributed by atoms with Gasteiger partial charge in [0.25, 0.3) is 0 Å². The van der Waals surface area contributed by atoms with Crippen LogP contribution >= 0.6 is 0 Å². The Balaban J connectivity index is 2.16. The number of carbonyl (C=O) groups excluding carboxylic acids is 1. The van der Waals surface area contributed by atoms with Gasteiger partial charge in [-0.1, -0.05) is 39.0 Å². The van der Waals surface area contributed by atoms with Crippen LogP contribution in [0.1, 0.15) is 38.1 Å². The molecule has 0 amide bonds. The molecular weight excluding hydrogens is 320 g/mol. The zero-order chi connectivity index (χ0) is 18.0. The summed E-state index contributed by atoms with van der Waals surface area (Å²) in [5, 5.41) is 0.0797. The van der Waals surface area contributed by atoms with E-state index in [-0.39, 0.29) is 23.2 Å². The van der Waals surface area contributed by atoms with Crippen molar-refractivity contribution in [1.29, 1.82) is 0 Å². The summed E-state index contributed by atoms with van der Waals surface area (Å²) in [6, 6.07) is 9.00. The molecule has 0 N–H and O–H groups in total. The first-order valence-electron chi connectivity index (χ1n) is 8.38. The Labute approximate surface area is 145 Å². The van der Waals surface area contributed by atoms with Gasteiger partial charge in [0.1, 0.15) is 12.2 Å². The largest absolute Gasteiger partial charge is 0.495 e. The Bertz CT molecular complexity index is 589. The van der Waals surface area contributed by atoms with Crippen LogP contribution < -0.4 is 0 Å². The zero-order valence-corrected chi connectivity index (χ0v) is 16.4. The van der Waals surface area contributed by atoms with E-state index >= 15 is 0 Å². The van der Waals surface area contributed by atoms with Crippen molar-refractivity contribution in [3.63, 3.8) is 0 Å². The number of esters is 1. The maximum Gasteiger partial charge on any atom is 0.338 e. The summed E-state index contributed by atoms with van der Waals surface area (Å²) in [6.07, 6.45) is 2.50. The molecule has 1 heterocycles. The van der Waals surface area contributed by atoms with Crippen molar-refractivity contribution >= 4 is 14.3 Å². The summed E-state index contributed by atoms with van der Waals surface area (Å²) in [5.41, 5.74) is 0.533. The lowest BCUT2D eigenvalue weighted by Gasteiger charge is -2.42. The van der Waals surface area contributed by atoms with Crippen LogP contribution in [0.2, 0.25) is 18.1 Å². The molecule has 0 spiro atoms. The monoisotopic (exact) mass is 348 g/mol. The lowest BCUT2D eigenvalue weighted by atomic mass is 10.1. The van der Waals surface area contributed by atoms with Crippen LogP contribution in [0.25, 0.3) is 0 Å². The number of hydrogen-bond donors (Lipinski definition) is 0. The minimum atomic E-state index is -1.99. The highest BCUT2D eigenvalue weighted by molar-refractivity contribution is 6.74. The molecule has 0 radical (unpaired) electrons. The van der Waals surface area contributed by atoms with E-state index in [1.165, 1.54) is 0 Å². The van der Waals surface area contributed by atoms with Crippen LogP contribution in [-0.2, 0) is 13.9 Å². The lowest BCUT2D eigenvalue weighted by Crippen LogP contribution is -2.51. The van der Waals surface area contributed by atoms with Gasteiger partial charge in [-0.15, -0.1) is 0 Å². The second kappa shape index (κ2) is 7.11. The number of hydrogen-bond acceptors (Lipinski definition) is 4. The fraction of sp³-hybridized carbons (Fsp3) is 0.526. The Morgan fingerprint density at radius 3 is 2.38 bits per heavy atom. The van der Waals surface area contributed by atoms with Gasteiger partial charge in [0.15, 0.2) is 14.4 Å². The number of benzene rings is 1. The summed E-state index contributed by atoms with van der Waals surface area (Å²) >= 11 is 0. The van der Waals surface area contributed by atoms with Crippen molar-refractivity contribution < 1.29 is 18.7 Å². The lowest BCUT2D eigenvalue weighted by molar-refractivity contribution is -0.0663. The van der Waals surface area contributed by atoms with Gasteiger partial charge in [0.2, 0.25) is 0 Å². The molecule has 1 aromatic rings. The molecule has 0 bridgehead atoms. The van der Waals surface area contributed by atoms with Gasteiger partial charge in [0, 0.05) is 0 Å². The molecule has 0 saturated carbocycles. The van der Waals surface area contributed by atoms with Gasteiger partial charge in [0.05, 0.1) is 11.8 Å². The number of carbonyl (C=O) groups is 1.